The van der Waals surface area contributed by atoms with Crippen molar-refractivity contribution in [3.63, 3.8) is 0 Å². The van der Waals surface area contributed by atoms with E-state index in [4.69, 9.17) is 4.74 Å². The predicted molar refractivity (Wildman–Crippen MR) is 54.4 cm³/mol. The lowest BCUT2D eigenvalue weighted by Crippen LogP contribution is -2.57. The summed E-state index contributed by atoms with van der Waals surface area (Å²) in [5, 5.41) is 0. The highest BCUT2D eigenvalue weighted by Crippen LogP contribution is 2.36. The summed E-state index contributed by atoms with van der Waals surface area (Å²) in [5.41, 5.74) is -0.456. The third kappa shape index (κ3) is 1.98. The van der Waals surface area contributed by atoms with Gasteiger partial charge in [-0.25, -0.2) is 4.79 Å². The van der Waals surface area contributed by atoms with Gasteiger partial charge in [-0.2, -0.15) is 0 Å². The summed E-state index contributed by atoms with van der Waals surface area (Å²) in [6.07, 6.45) is 0.669. The maximum atomic E-state index is 11.7. The van der Waals surface area contributed by atoms with Gasteiger partial charge in [0.2, 0.25) is 0 Å². The molecule has 4 nitrogen and oxygen atoms in total. The fraction of sp³-hybridized carbons (Fsp3) is 0.818. The van der Waals surface area contributed by atoms with Crippen LogP contribution in [0.4, 0.5) is 4.79 Å². The first-order chi connectivity index (χ1) is 6.87. The second-order valence-corrected chi connectivity index (χ2v) is 5.42. The fourth-order valence-corrected chi connectivity index (χ4v) is 2.16. The second-order valence-electron chi connectivity index (χ2n) is 5.42. The van der Waals surface area contributed by atoms with Gasteiger partial charge in [-0.1, -0.05) is 0 Å². The molecule has 2 atom stereocenters. The van der Waals surface area contributed by atoms with Crippen molar-refractivity contribution in [1.82, 2.24) is 4.90 Å². The van der Waals surface area contributed by atoms with Gasteiger partial charge in [0, 0.05) is 24.9 Å². The summed E-state index contributed by atoms with van der Waals surface area (Å²) in [4.78, 5) is 24.7. The average molecular weight is 211 g/mol. The SMILES string of the molecule is CC(C)(C)OC(=O)N1C[C@H]2C[C@H](C1)C2=O. The Morgan fingerprint density at radius 2 is 1.87 bits per heavy atom. The molecule has 2 aliphatic heterocycles. The highest BCUT2D eigenvalue weighted by atomic mass is 16.6. The van der Waals surface area contributed by atoms with Crippen LogP contribution >= 0.6 is 0 Å². The molecule has 4 heteroatoms. The molecule has 3 rings (SSSR count). The van der Waals surface area contributed by atoms with E-state index >= 15 is 0 Å². The van der Waals surface area contributed by atoms with E-state index in [9.17, 15) is 9.59 Å². The molecule has 15 heavy (non-hydrogen) atoms. The van der Waals surface area contributed by atoms with Gasteiger partial charge in [-0.15, -0.1) is 0 Å². The molecule has 0 aromatic rings. The monoisotopic (exact) mass is 211 g/mol. The summed E-state index contributed by atoms with van der Waals surface area (Å²) in [6, 6.07) is 0. The number of nitrogens with zero attached hydrogens (tertiary/aromatic N) is 1. The maximum Gasteiger partial charge on any atom is 0.410 e. The Kier molecular flexibility index (Phi) is 2.24. The first-order valence-corrected chi connectivity index (χ1v) is 5.38. The maximum absolute atomic E-state index is 11.7. The Balaban J connectivity index is 1.91. The molecule has 2 bridgehead atoms. The molecule has 84 valence electrons. The molecule has 0 aromatic carbocycles. The lowest BCUT2D eigenvalue weighted by molar-refractivity contribution is -0.142. The van der Waals surface area contributed by atoms with Crippen LogP contribution in [0.3, 0.4) is 0 Å². The number of piperidine rings is 2. The Morgan fingerprint density at radius 1 is 1.33 bits per heavy atom. The fourth-order valence-electron chi connectivity index (χ4n) is 2.16. The number of Topliss-reactive ketones (excluding diaryl/α,β-unsaturated/α-hetero) is 1. The Labute approximate surface area is 89.6 Å². The molecule has 3 aliphatic rings. The molecule has 3 fully saturated rings. The molecule has 0 spiro atoms. The Morgan fingerprint density at radius 3 is 2.27 bits per heavy atom. The van der Waals surface area contributed by atoms with Crippen molar-refractivity contribution < 1.29 is 14.3 Å². The lowest BCUT2D eigenvalue weighted by atomic mass is 9.70. The number of rotatable bonds is 0. The minimum atomic E-state index is -0.456. The minimum Gasteiger partial charge on any atom is -0.444 e. The first kappa shape index (κ1) is 10.5. The Hall–Kier alpha value is -1.06. The number of ketones is 1. The molecular formula is C11H17NO3. The van der Waals surface area contributed by atoms with Crippen molar-refractivity contribution in [3.05, 3.63) is 0 Å². The second kappa shape index (κ2) is 3.22. The van der Waals surface area contributed by atoms with Gasteiger partial charge in [0.1, 0.15) is 11.4 Å². The van der Waals surface area contributed by atoms with Crippen molar-refractivity contribution in [2.45, 2.75) is 32.8 Å². The van der Waals surface area contributed by atoms with E-state index in [0.717, 1.165) is 6.42 Å². The van der Waals surface area contributed by atoms with Crippen LogP contribution in [0, 0.1) is 11.8 Å². The van der Waals surface area contributed by atoms with E-state index in [1.807, 2.05) is 20.8 Å². The van der Waals surface area contributed by atoms with Crippen LogP contribution in [0.1, 0.15) is 27.2 Å². The van der Waals surface area contributed by atoms with Gasteiger partial charge in [-0.3, -0.25) is 4.79 Å². The van der Waals surface area contributed by atoms with Gasteiger partial charge >= 0.3 is 6.09 Å². The normalized spacial score (nSPS) is 29.8. The molecule has 2 saturated heterocycles. The van der Waals surface area contributed by atoms with Crippen LogP contribution in [-0.4, -0.2) is 35.5 Å². The largest absolute Gasteiger partial charge is 0.444 e. The van der Waals surface area contributed by atoms with Crippen molar-refractivity contribution >= 4 is 11.9 Å². The summed E-state index contributed by atoms with van der Waals surface area (Å²) >= 11 is 0. The third-order valence-corrected chi connectivity index (χ3v) is 2.91. The smallest absolute Gasteiger partial charge is 0.410 e. The number of carbonyl (C=O) groups excluding carboxylic acids is 2. The minimum absolute atomic E-state index is 0.0799. The van der Waals surface area contributed by atoms with Crippen molar-refractivity contribution in [2.75, 3.05) is 13.1 Å². The van der Waals surface area contributed by atoms with Gasteiger partial charge in [-0.05, 0) is 27.2 Å². The zero-order chi connectivity index (χ0) is 11.2. The molecule has 2 heterocycles. The molecule has 0 radical (unpaired) electrons. The molecule has 1 amide bonds. The molecule has 0 aromatic heterocycles. The summed E-state index contributed by atoms with van der Waals surface area (Å²) in [5.74, 6) is 0.488. The highest BCUT2D eigenvalue weighted by molar-refractivity contribution is 5.91. The zero-order valence-electron chi connectivity index (χ0n) is 9.45. The summed E-state index contributed by atoms with van der Waals surface area (Å²) in [6.45, 7) is 6.64. The van der Waals surface area contributed by atoms with Gasteiger partial charge in [0.15, 0.2) is 0 Å². The van der Waals surface area contributed by atoms with Crippen molar-refractivity contribution in [1.29, 1.82) is 0 Å². The highest BCUT2D eigenvalue weighted by Gasteiger charge is 2.47. The molecule has 1 saturated carbocycles. The van der Waals surface area contributed by atoms with E-state index in [0.29, 0.717) is 18.9 Å². The number of fused-ring (bicyclic) bond motifs is 2. The molecule has 1 aliphatic carbocycles. The van der Waals surface area contributed by atoms with Crippen LogP contribution in [0.15, 0.2) is 0 Å². The summed E-state index contributed by atoms with van der Waals surface area (Å²) in [7, 11) is 0. The van der Waals surface area contributed by atoms with Crippen LogP contribution < -0.4 is 0 Å². The van der Waals surface area contributed by atoms with Crippen molar-refractivity contribution in [2.24, 2.45) is 11.8 Å². The van der Waals surface area contributed by atoms with E-state index in [1.165, 1.54) is 0 Å². The van der Waals surface area contributed by atoms with Crippen LogP contribution in [-0.2, 0) is 9.53 Å². The molecule has 0 N–H and O–H groups in total. The number of hydrogen-bond acceptors (Lipinski definition) is 3. The third-order valence-electron chi connectivity index (χ3n) is 2.91. The Bertz CT molecular complexity index is 291. The topological polar surface area (TPSA) is 46.6 Å². The van der Waals surface area contributed by atoms with Crippen LogP contribution in [0.2, 0.25) is 0 Å². The molecule has 0 unspecified atom stereocenters. The van der Waals surface area contributed by atoms with Crippen LogP contribution in [0.25, 0.3) is 0 Å². The van der Waals surface area contributed by atoms with Crippen LogP contribution in [0.5, 0.6) is 0 Å². The quantitative estimate of drug-likeness (QED) is 0.609. The average Bonchev–Trinajstić information content (AvgIpc) is 2.14. The number of amides is 1. The van der Waals surface area contributed by atoms with E-state index < -0.39 is 5.60 Å². The first-order valence-electron chi connectivity index (χ1n) is 5.38. The van der Waals surface area contributed by atoms with Gasteiger partial charge in [0.25, 0.3) is 0 Å². The summed E-state index contributed by atoms with van der Waals surface area (Å²) < 4.78 is 5.26. The predicted octanol–water partition coefficient (Wildman–Crippen LogP) is 1.44. The van der Waals surface area contributed by atoms with E-state index in [2.05, 4.69) is 0 Å². The van der Waals surface area contributed by atoms with E-state index in [-0.39, 0.29) is 17.9 Å². The number of carbonyl (C=O) groups is 2. The number of hydrogen-bond donors (Lipinski definition) is 0. The lowest BCUT2D eigenvalue weighted by Gasteiger charge is -2.45. The van der Waals surface area contributed by atoms with E-state index in [1.54, 1.807) is 4.90 Å². The molecular weight excluding hydrogens is 194 g/mol. The van der Waals surface area contributed by atoms with Gasteiger partial charge < -0.3 is 9.64 Å². The zero-order valence-corrected chi connectivity index (χ0v) is 9.45. The van der Waals surface area contributed by atoms with Crippen molar-refractivity contribution in [3.8, 4) is 0 Å². The van der Waals surface area contributed by atoms with Gasteiger partial charge in [0.05, 0.1) is 0 Å². The standard InChI is InChI=1S/C11H17NO3/c1-11(2,3)15-10(14)12-5-7-4-8(6-12)9(7)13/h7-8H,4-6H2,1-3H3/t7-,8-/m1/s1. The number of ether oxygens (including phenoxy) is 1.